The van der Waals surface area contributed by atoms with E-state index in [2.05, 4.69) is 35.6 Å². The molecule has 1 heteroatoms. The fourth-order valence-electron chi connectivity index (χ4n) is 3.05. The summed E-state index contributed by atoms with van der Waals surface area (Å²) in [4.78, 5) is 0. The maximum Gasteiger partial charge on any atom is 0.00760 e. The first-order valence-corrected chi connectivity index (χ1v) is 5.73. The summed E-state index contributed by atoms with van der Waals surface area (Å²) in [6, 6.07) is 12.6. The molecule has 2 bridgehead atoms. The van der Waals surface area contributed by atoms with Crippen LogP contribution in [0.15, 0.2) is 30.3 Å². The summed E-state index contributed by atoms with van der Waals surface area (Å²) in [5, 5.41) is 3.69. The second-order valence-corrected chi connectivity index (χ2v) is 4.72. The topological polar surface area (TPSA) is 12.0 Å². The SMILES string of the molecule is c1ccc([C@H]2C[C@H]3CC[C@@H](C2)N3)cc1. The number of nitrogens with one attached hydrogen (secondary N) is 1. The molecule has 2 aliphatic heterocycles. The van der Waals surface area contributed by atoms with Gasteiger partial charge in [0.05, 0.1) is 0 Å². The van der Waals surface area contributed by atoms with Gasteiger partial charge in [-0.2, -0.15) is 0 Å². The van der Waals surface area contributed by atoms with Crippen molar-refractivity contribution in [2.45, 2.75) is 43.7 Å². The Hall–Kier alpha value is -0.820. The first-order valence-electron chi connectivity index (χ1n) is 5.73. The minimum Gasteiger partial charge on any atom is -0.311 e. The van der Waals surface area contributed by atoms with E-state index < -0.39 is 0 Å². The molecule has 0 aromatic heterocycles. The van der Waals surface area contributed by atoms with Gasteiger partial charge >= 0.3 is 0 Å². The molecule has 0 radical (unpaired) electrons. The van der Waals surface area contributed by atoms with Crippen LogP contribution in [-0.4, -0.2) is 12.1 Å². The van der Waals surface area contributed by atoms with Gasteiger partial charge in [0.25, 0.3) is 0 Å². The van der Waals surface area contributed by atoms with E-state index in [0.29, 0.717) is 0 Å². The van der Waals surface area contributed by atoms with Gasteiger partial charge in [-0.1, -0.05) is 30.3 Å². The maximum atomic E-state index is 3.69. The van der Waals surface area contributed by atoms with Crippen molar-refractivity contribution in [3.8, 4) is 0 Å². The molecular formula is C13H17N. The van der Waals surface area contributed by atoms with Crippen molar-refractivity contribution >= 4 is 0 Å². The van der Waals surface area contributed by atoms with Gasteiger partial charge in [-0.25, -0.2) is 0 Å². The molecule has 2 saturated heterocycles. The molecule has 1 N–H and O–H groups in total. The summed E-state index contributed by atoms with van der Waals surface area (Å²) in [6.45, 7) is 0. The molecule has 2 aliphatic rings. The molecule has 0 spiro atoms. The van der Waals surface area contributed by atoms with Crippen LogP contribution in [0.5, 0.6) is 0 Å². The molecule has 0 aliphatic carbocycles. The predicted molar refractivity (Wildman–Crippen MR) is 58.4 cm³/mol. The molecule has 1 nitrogen and oxygen atoms in total. The number of piperidine rings is 1. The summed E-state index contributed by atoms with van der Waals surface area (Å²) >= 11 is 0. The number of benzene rings is 1. The van der Waals surface area contributed by atoms with Crippen LogP contribution >= 0.6 is 0 Å². The third kappa shape index (κ3) is 1.46. The Balaban J connectivity index is 1.81. The lowest BCUT2D eigenvalue weighted by atomic mass is 9.86. The average molecular weight is 187 g/mol. The number of hydrogen-bond acceptors (Lipinski definition) is 1. The summed E-state index contributed by atoms with van der Waals surface area (Å²) in [5.74, 6) is 0.815. The number of fused-ring (bicyclic) bond motifs is 2. The van der Waals surface area contributed by atoms with Crippen molar-refractivity contribution in [2.75, 3.05) is 0 Å². The zero-order valence-corrected chi connectivity index (χ0v) is 8.45. The fraction of sp³-hybridized carbons (Fsp3) is 0.538. The zero-order chi connectivity index (χ0) is 9.38. The molecule has 2 fully saturated rings. The van der Waals surface area contributed by atoms with Crippen molar-refractivity contribution in [1.29, 1.82) is 0 Å². The minimum atomic E-state index is 0.805. The average Bonchev–Trinajstić information content (AvgIpc) is 2.59. The van der Waals surface area contributed by atoms with Crippen molar-refractivity contribution in [3.63, 3.8) is 0 Å². The summed E-state index contributed by atoms with van der Waals surface area (Å²) < 4.78 is 0. The van der Waals surface area contributed by atoms with Crippen LogP contribution in [0, 0.1) is 0 Å². The highest BCUT2D eigenvalue weighted by atomic mass is 15.0. The van der Waals surface area contributed by atoms with Crippen LogP contribution in [-0.2, 0) is 0 Å². The third-order valence-electron chi connectivity index (χ3n) is 3.74. The van der Waals surface area contributed by atoms with Crippen LogP contribution in [0.25, 0.3) is 0 Å². The van der Waals surface area contributed by atoms with E-state index in [4.69, 9.17) is 0 Å². The van der Waals surface area contributed by atoms with Gasteiger partial charge < -0.3 is 5.32 Å². The molecule has 1 aromatic rings. The van der Waals surface area contributed by atoms with E-state index in [9.17, 15) is 0 Å². The van der Waals surface area contributed by atoms with Gasteiger partial charge in [-0.3, -0.25) is 0 Å². The second-order valence-electron chi connectivity index (χ2n) is 4.72. The van der Waals surface area contributed by atoms with Crippen LogP contribution in [0.2, 0.25) is 0 Å². The molecule has 3 atom stereocenters. The van der Waals surface area contributed by atoms with Gasteiger partial charge in [0.2, 0.25) is 0 Å². The molecule has 14 heavy (non-hydrogen) atoms. The van der Waals surface area contributed by atoms with Crippen molar-refractivity contribution in [1.82, 2.24) is 5.32 Å². The molecule has 0 saturated carbocycles. The predicted octanol–water partition coefficient (Wildman–Crippen LogP) is 2.68. The summed E-state index contributed by atoms with van der Waals surface area (Å²) in [7, 11) is 0. The van der Waals surface area contributed by atoms with E-state index in [-0.39, 0.29) is 0 Å². The van der Waals surface area contributed by atoms with Crippen LogP contribution in [0.4, 0.5) is 0 Å². The standard InChI is InChI=1S/C13H17N/c1-2-4-10(5-3-1)11-8-12-6-7-13(9-11)14-12/h1-5,11-14H,6-9H2/t11-,12+,13-. The molecule has 2 heterocycles. The minimum absolute atomic E-state index is 0.805. The number of rotatable bonds is 1. The Bertz CT molecular complexity index is 294. The Labute approximate surface area is 85.5 Å². The monoisotopic (exact) mass is 187 g/mol. The van der Waals surface area contributed by atoms with E-state index >= 15 is 0 Å². The van der Waals surface area contributed by atoms with Gasteiger partial charge in [0.15, 0.2) is 0 Å². The fourth-order valence-corrected chi connectivity index (χ4v) is 3.05. The van der Waals surface area contributed by atoms with Crippen molar-refractivity contribution in [2.24, 2.45) is 0 Å². The number of hydrogen-bond donors (Lipinski definition) is 1. The van der Waals surface area contributed by atoms with E-state index in [1.54, 1.807) is 5.56 Å². The lowest BCUT2D eigenvalue weighted by Crippen LogP contribution is -2.37. The van der Waals surface area contributed by atoms with E-state index in [1.165, 1.54) is 25.7 Å². The van der Waals surface area contributed by atoms with Crippen LogP contribution in [0.1, 0.15) is 37.2 Å². The zero-order valence-electron chi connectivity index (χ0n) is 8.45. The lowest BCUT2D eigenvalue weighted by molar-refractivity contribution is 0.363. The van der Waals surface area contributed by atoms with Gasteiger partial charge in [0.1, 0.15) is 0 Å². The van der Waals surface area contributed by atoms with Crippen LogP contribution in [0.3, 0.4) is 0 Å². The van der Waals surface area contributed by atoms with Gasteiger partial charge in [-0.15, -0.1) is 0 Å². The second kappa shape index (κ2) is 3.39. The molecule has 0 amide bonds. The van der Waals surface area contributed by atoms with Crippen molar-refractivity contribution in [3.05, 3.63) is 35.9 Å². The van der Waals surface area contributed by atoms with Crippen LogP contribution < -0.4 is 5.32 Å². The highest BCUT2D eigenvalue weighted by molar-refractivity contribution is 5.21. The third-order valence-corrected chi connectivity index (χ3v) is 3.74. The summed E-state index contributed by atoms with van der Waals surface area (Å²) in [5.41, 5.74) is 1.55. The highest BCUT2D eigenvalue weighted by Crippen LogP contribution is 2.36. The van der Waals surface area contributed by atoms with Crippen molar-refractivity contribution < 1.29 is 0 Å². The highest BCUT2D eigenvalue weighted by Gasteiger charge is 2.33. The quantitative estimate of drug-likeness (QED) is 0.712. The van der Waals surface area contributed by atoms with Gasteiger partial charge in [0, 0.05) is 12.1 Å². The molecule has 74 valence electrons. The molecule has 3 rings (SSSR count). The molecule has 1 aromatic carbocycles. The molecule has 0 unspecified atom stereocenters. The Morgan fingerprint density at radius 3 is 2.21 bits per heavy atom. The Morgan fingerprint density at radius 2 is 1.57 bits per heavy atom. The Kier molecular flexibility index (Phi) is 2.06. The first kappa shape index (κ1) is 8.49. The van der Waals surface area contributed by atoms with E-state index in [1.807, 2.05) is 0 Å². The largest absolute Gasteiger partial charge is 0.311 e. The smallest absolute Gasteiger partial charge is 0.00760 e. The first-order chi connectivity index (χ1) is 6.92. The summed E-state index contributed by atoms with van der Waals surface area (Å²) in [6.07, 6.45) is 5.49. The lowest BCUT2D eigenvalue weighted by Gasteiger charge is -2.29. The van der Waals surface area contributed by atoms with E-state index in [0.717, 1.165) is 18.0 Å². The van der Waals surface area contributed by atoms with Gasteiger partial charge in [-0.05, 0) is 37.2 Å². The maximum absolute atomic E-state index is 3.69. The Morgan fingerprint density at radius 1 is 0.929 bits per heavy atom. The normalized spacial score (nSPS) is 35.9. The molecular weight excluding hydrogens is 170 g/mol.